The standard InChI is InChI=1S/C19H26O8S/c1-11-6-8-12(9-7-11)28(20,21)27-15-14(13-10-22-18(2,3)24-13)23-17-16(15)25-19(4,5)26-17/h6-9,13-17H,10H2,1-5H3/t13-,14+,15-,16-,17-/m1/s1. The number of aryl methyl sites for hydroxylation is 1. The average molecular weight is 414 g/mol. The molecule has 4 rings (SSSR count). The Morgan fingerprint density at radius 3 is 2.25 bits per heavy atom. The summed E-state index contributed by atoms with van der Waals surface area (Å²) in [6.45, 7) is 9.20. The first kappa shape index (κ1) is 20.2. The molecule has 0 spiro atoms. The third-order valence-corrected chi connectivity index (χ3v) is 6.30. The fourth-order valence-electron chi connectivity index (χ4n) is 3.70. The monoisotopic (exact) mass is 414 g/mol. The lowest BCUT2D eigenvalue weighted by atomic mass is 10.1. The average Bonchev–Trinajstić information content (AvgIpc) is 3.18. The molecule has 0 aliphatic carbocycles. The van der Waals surface area contributed by atoms with E-state index in [0.29, 0.717) is 0 Å². The van der Waals surface area contributed by atoms with Crippen molar-refractivity contribution in [1.29, 1.82) is 0 Å². The van der Waals surface area contributed by atoms with Crippen molar-refractivity contribution in [2.75, 3.05) is 6.61 Å². The number of ether oxygens (including phenoxy) is 5. The van der Waals surface area contributed by atoms with Crippen molar-refractivity contribution in [2.45, 2.75) is 81.8 Å². The second kappa shape index (κ2) is 6.73. The van der Waals surface area contributed by atoms with Gasteiger partial charge in [-0.25, -0.2) is 0 Å². The maximum absolute atomic E-state index is 12.9. The number of benzene rings is 1. The van der Waals surface area contributed by atoms with Gasteiger partial charge in [-0.05, 0) is 46.8 Å². The van der Waals surface area contributed by atoms with Crippen LogP contribution in [0.3, 0.4) is 0 Å². The Morgan fingerprint density at radius 1 is 0.964 bits per heavy atom. The third kappa shape index (κ3) is 3.85. The van der Waals surface area contributed by atoms with Crippen LogP contribution in [0.1, 0.15) is 33.3 Å². The van der Waals surface area contributed by atoms with Gasteiger partial charge >= 0.3 is 0 Å². The summed E-state index contributed by atoms with van der Waals surface area (Å²) in [5.41, 5.74) is 0.953. The van der Waals surface area contributed by atoms with Crippen LogP contribution in [0.4, 0.5) is 0 Å². The first-order chi connectivity index (χ1) is 13.0. The molecule has 0 bridgehead atoms. The van der Waals surface area contributed by atoms with Crippen molar-refractivity contribution in [1.82, 2.24) is 0 Å². The fourth-order valence-corrected chi connectivity index (χ4v) is 4.79. The number of rotatable bonds is 4. The Labute approximate surface area is 165 Å². The van der Waals surface area contributed by atoms with Gasteiger partial charge in [0.25, 0.3) is 10.1 Å². The molecule has 8 nitrogen and oxygen atoms in total. The molecular weight excluding hydrogens is 388 g/mol. The number of hydrogen-bond donors (Lipinski definition) is 0. The zero-order chi connectivity index (χ0) is 20.3. The third-order valence-electron chi connectivity index (χ3n) is 4.97. The number of fused-ring (bicyclic) bond motifs is 1. The van der Waals surface area contributed by atoms with Crippen LogP contribution in [0.15, 0.2) is 29.2 Å². The normalized spacial score (nSPS) is 36.5. The molecule has 0 N–H and O–H groups in total. The second-order valence-electron chi connectivity index (χ2n) is 8.26. The summed E-state index contributed by atoms with van der Waals surface area (Å²) in [6.07, 6.45) is -3.60. The highest BCUT2D eigenvalue weighted by atomic mass is 32.2. The van der Waals surface area contributed by atoms with Crippen LogP contribution in [-0.4, -0.2) is 57.3 Å². The van der Waals surface area contributed by atoms with E-state index in [1.165, 1.54) is 12.1 Å². The maximum Gasteiger partial charge on any atom is 0.297 e. The molecule has 3 heterocycles. The zero-order valence-electron chi connectivity index (χ0n) is 16.6. The molecular formula is C19H26O8S. The van der Waals surface area contributed by atoms with Gasteiger partial charge in [0.15, 0.2) is 17.9 Å². The largest absolute Gasteiger partial charge is 0.348 e. The molecule has 0 unspecified atom stereocenters. The van der Waals surface area contributed by atoms with Gasteiger partial charge in [-0.2, -0.15) is 8.42 Å². The van der Waals surface area contributed by atoms with Gasteiger partial charge in [0.2, 0.25) is 0 Å². The highest BCUT2D eigenvalue weighted by Gasteiger charge is 2.60. The predicted molar refractivity (Wildman–Crippen MR) is 96.8 cm³/mol. The summed E-state index contributed by atoms with van der Waals surface area (Å²) < 4.78 is 60.5. The van der Waals surface area contributed by atoms with Gasteiger partial charge in [-0.15, -0.1) is 0 Å². The van der Waals surface area contributed by atoms with Crippen LogP contribution in [0.5, 0.6) is 0 Å². The minimum atomic E-state index is -4.04. The van der Waals surface area contributed by atoms with E-state index in [1.54, 1.807) is 39.8 Å². The van der Waals surface area contributed by atoms with E-state index < -0.39 is 52.4 Å². The molecule has 28 heavy (non-hydrogen) atoms. The lowest BCUT2D eigenvalue weighted by Crippen LogP contribution is -2.45. The fraction of sp³-hybridized carbons (Fsp3) is 0.684. The van der Waals surface area contributed by atoms with Crippen LogP contribution in [0, 0.1) is 6.92 Å². The van der Waals surface area contributed by atoms with Gasteiger partial charge < -0.3 is 23.7 Å². The maximum atomic E-state index is 12.9. The molecule has 0 radical (unpaired) electrons. The summed E-state index contributed by atoms with van der Waals surface area (Å²) >= 11 is 0. The van der Waals surface area contributed by atoms with Crippen LogP contribution in [0.2, 0.25) is 0 Å². The molecule has 1 aromatic carbocycles. The van der Waals surface area contributed by atoms with Gasteiger partial charge in [-0.1, -0.05) is 17.7 Å². The predicted octanol–water partition coefficient (Wildman–Crippen LogP) is 2.10. The van der Waals surface area contributed by atoms with E-state index in [0.717, 1.165) is 5.56 Å². The van der Waals surface area contributed by atoms with Crippen molar-refractivity contribution >= 4 is 10.1 Å². The molecule has 5 atom stereocenters. The van der Waals surface area contributed by atoms with Crippen LogP contribution >= 0.6 is 0 Å². The van der Waals surface area contributed by atoms with Gasteiger partial charge in [0, 0.05) is 0 Å². The van der Waals surface area contributed by atoms with Gasteiger partial charge in [-0.3, -0.25) is 4.18 Å². The molecule has 156 valence electrons. The highest BCUT2D eigenvalue weighted by Crippen LogP contribution is 2.42. The highest BCUT2D eigenvalue weighted by molar-refractivity contribution is 7.86. The summed E-state index contributed by atoms with van der Waals surface area (Å²) in [7, 11) is -4.04. The molecule has 0 saturated carbocycles. The summed E-state index contributed by atoms with van der Waals surface area (Å²) in [5, 5.41) is 0. The smallest absolute Gasteiger partial charge is 0.297 e. The van der Waals surface area contributed by atoms with Crippen molar-refractivity contribution in [2.24, 2.45) is 0 Å². The SMILES string of the molecule is Cc1ccc(S(=O)(=O)O[C@@H]2[C@H]([C@H]3COC(C)(C)O3)O[C@@H]3OC(C)(C)O[C@@H]32)cc1. The van der Waals surface area contributed by atoms with Crippen LogP contribution < -0.4 is 0 Å². The van der Waals surface area contributed by atoms with Crippen LogP contribution in [0.25, 0.3) is 0 Å². The molecule has 3 fully saturated rings. The van der Waals surface area contributed by atoms with E-state index in [2.05, 4.69) is 0 Å². The van der Waals surface area contributed by atoms with E-state index in [1.807, 2.05) is 6.92 Å². The Bertz CT molecular complexity index is 832. The molecule has 9 heteroatoms. The summed E-state index contributed by atoms with van der Waals surface area (Å²) in [5.74, 6) is -1.69. The Morgan fingerprint density at radius 2 is 1.64 bits per heavy atom. The molecule has 3 aliphatic heterocycles. The van der Waals surface area contributed by atoms with E-state index in [9.17, 15) is 8.42 Å². The van der Waals surface area contributed by atoms with Gasteiger partial charge in [0.05, 0.1) is 11.5 Å². The molecule has 1 aromatic rings. The number of hydrogen-bond acceptors (Lipinski definition) is 8. The molecule has 3 aliphatic rings. The van der Waals surface area contributed by atoms with Crippen molar-refractivity contribution in [3.05, 3.63) is 29.8 Å². The zero-order valence-corrected chi connectivity index (χ0v) is 17.4. The van der Waals surface area contributed by atoms with Crippen molar-refractivity contribution in [3.63, 3.8) is 0 Å². The van der Waals surface area contributed by atoms with Crippen molar-refractivity contribution in [3.8, 4) is 0 Å². The lowest BCUT2D eigenvalue weighted by Gasteiger charge is -2.28. The summed E-state index contributed by atoms with van der Waals surface area (Å²) in [6, 6.07) is 6.47. The van der Waals surface area contributed by atoms with Gasteiger partial charge in [0.1, 0.15) is 24.4 Å². The second-order valence-corrected chi connectivity index (χ2v) is 9.84. The van der Waals surface area contributed by atoms with E-state index in [4.69, 9.17) is 27.9 Å². The Balaban J connectivity index is 1.61. The Kier molecular flexibility index (Phi) is 4.86. The first-order valence-electron chi connectivity index (χ1n) is 9.29. The minimum absolute atomic E-state index is 0.0717. The molecule has 3 saturated heterocycles. The quantitative estimate of drug-likeness (QED) is 0.692. The molecule has 0 aromatic heterocycles. The Hall–Kier alpha value is -1.07. The van der Waals surface area contributed by atoms with E-state index in [-0.39, 0.29) is 11.5 Å². The summed E-state index contributed by atoms with van der Waals surface area (Å²) in [4.78, 5) is 0.0717. The van der Waals surface area contributed by atoms with E-state index >= 15 is 0 Å². The first-order valence-corrected chi connectivity index (χ1v) is 10.7. The minimum Gasteiger partial charge on any atom is -0.348 e. The van der Waals surface area contributed by atoms with Crippen molar-refractivity contribution < 1.29 is 36.3 Å². The van der Waals surface area contributed by atoms with Crippen LogP contribution in [-0.2, 0) is 38.0 Å². The topological polar surface area (TPSA) is 89.5 Å². The molecule has 0 amide bonds. The lowest BCUT2D eigenvalue weighted by molar-refractivity contribution is -0.230.